The summed E-state index contributed by atoms with van der Waals surface area (Å²) >= 11 is 6.34. The maximum Gasteiger partial charge on any atom is 0.287 e. The third-order valence-corrected chi connectivity index (χ3v) is 10.9. The van der Waals surface area contributed by atoms with Crippen LogP contribution in [0.4, 0.5) is 5.69 Å². The number of rotatable bonds is 2. The van der Waals surface area contributed by atoms with E-state index in [1.165, 1.54) is 12.5 Å². The molecule has 0 saturated heterocycles. The van der Waals surface area contributed by atoms with Crippen molar-refractivity contribution in [3.8, 4) is 5.75 Å². The Kier molecular flexibility index (Phi) is 10.0. The predicted octanol–water partition coefficient (Wildman–Crippen LogP) is 5.87. The van der Waals surface area contributed by atoms with Crippen molar-refractivity contribution in [2.75, 3.05) is 31.7 Å². The Hall–Kier alpha value is -2.92. The van der Waals surface area contributed by atoms with E-state index in [-0.39, 0.29) is 17.6 Å². The monoisotopic (exact) mass is 643 g/mol. The number of amides is 2. The number of nitrogens with zero attached hydrogens (tertiary/aromatic N) is 2. The number of carbonyl (C=O) groups excluding carboxylic acids is 2. The van der Waals surface area contributed by atoms with Crippen LogP contribution in [-0.4, -0.2) is 54.5 Å². The Labute approximate surface area is 265 Å². The summed E-state index contributed by atoms with van der Waals surface area (Å²) in [7, 11) is -1.97. The smallest absolute Gasteiger partial charge is 0.287 e. The molecular weight excluding hydrogens is 602 g/mol. The van der Waals surface area contributed by atoms with E-state index in [2.05, 4.69) is 14.0 Å². The van der Waals surface area contributed by atoms with Crippen LogP contribution in [0, 0.1) is 11.8 Å². The molecule has 1 unspecified atom stereocenters. The Morgan fingerprint density at radius 2 is 1.98 bits per heavy atom. The van der Waals surface area contributed by atoms with E-state index in [9.17, 15) is 13.8 Å². The number of anilines is 1. The van der Waals surface area contributed by atoms with Crippen molar-refractivity contribution in [3.05, 3.63) is 64.7 Å². The lowest BCUT2D eigenvalue weighted by atomic mass is 9.70. The molecule has 11 heteroatoms. The van der Waals surface area contributed by atoms with Gasteiger partial charge in [0.25, 0.3) is 5.91 Å². The highest BCUT2D eigenvalue weighted by atomic mass is 35.5. The Balaban J connectivity index is 1.64. The topological polar surface area (TPSA) is 107 Å². The Morgan fingerprint density at radius 1 is 1.16 bits per heavy atom. The molecule has 2 heterocycles. The van der Waals surface area contributed by atoms with E-state index in [0.29, 0.717) is 29.2 Å². The average Bonchev–Trinajstić information content (AvgIpc) is 2.98. The first-order chi connectivity index (χ1) is 21.0. The lowest BCUT2D eigenvalue weighted by Crippen LogP contribution is -2.44. The minimum absolute atomic E-state index is 0.0857. The molecule has 1 fully saturated rings. The van der Waals surface area contributed by atoms with E-state index >= 15 is 0 Å². The zero-order chi connectivity index (χ0) is 31.5. The van der Waals surface area contributed by atoms with Gasteiger partial charge >= 0.3 is 0 Å². The van der Waals surface area contributed by atoms with Gasteiger partial charge < -0.3 is 19.1 Å². The van der Waals surface area contributed by atoms with E-state index in [4.69, 9.17) is 25.8 Å². The molecule has 0 spiro atoms. The number of hydrogen-bond acceptors (Lipinski definition) is 7. The summed E-state index contributed by atoms with van der Waals surface area (Å²) in [5.41, 5.74) is 1.59. The number of nitrogens with one attached hydrogen (secondary N) is 1. The summed E-state index contributed by atoms with van der Waals surface area (Å²) in [5, 5.41) is 0.701. The molecule has 1 N–H and O–H groups in total. The number of aryl methyl sites for hydroxylation is 1. The zero-order valence-corrected chi connectivity index (χ0v) is 27.4. The number of carbonyl (C=O) groups is 2. The van der Waals surface area contributed by atoms with E-state index in [0.717, 1.165) is 56.4 Å². The van der Waals surface area contributed by atoms with Crippen LogP contribution in [-0.2, 0) is 42.0 Å². The van der Waals surface area contributed by atoms with Gasteiger partial charge in [-0.25, -0.2) is 4.21 Å². The normalized spacial score (nSPS) is 28.1. The molecule has 2 aromatic carbocycles. The van der Waals surface area contributed by atoms with Gasteiger partial charge in [0.1, 0.15) is 18.0 Å². The maximum absolute atomic E-state index is 14.4. The van der Waals surface area contributed by atoms with Crippen LogP contribution in [0.1, 0.15) is 57.6 Å². The number of ether oxygens (including phenoxy) is 3. The van der Waals surface area contributed by atoms with Gasteiger partial charge in [-0.05, 0) is 99.2 Å². The van der Waals surface area contributed by atoms with Gasteiger partial charge in [-0.15, -0.1) is 4.36 Å². The molecule has 1 aliphatic carbocycles. The lowest BCUT2D eigenvalue weighted by Gasteiger charge is -2.43. The van der Waals surface area contributed by atoms with Gasteiger partial charge in [0.15, 0.2) is 9.92 Å². The number of halogens is 1. The number of methoxy groups -OCH3 is 1. The van der Waals surface area contributed by atoms with Gasteiger partial charge in [-0.3, -0.25) is 14.3 Å². The lowest BCUT2D eigenvalue weighted by molar-refractivity contribution is -0.137. The minimum Gasteiger partial charge on any atom is -0.487 e. The summed E-state index contributed by atoms with van der Waals surface area (Å²) in [6.07, 6.45) is 8.64. The summed E-state index contributed by atoms with van der Waals surface area (Å²) < 4.78 is 39.2. The third kappa shape index (κ3) is 7.30. The molecule has 2 aliphatic heterocycles. The summed E-state index contributed by atoms with van der Waals surface area (Å²) in [5.74, 6) is -0.00583. The second-order valence-electron chi connectivity index (χ2n) is 12.3. The molecule has 2 aromatic rings. The van der Waals surface area contributed by atoms with Crippen molar-refractivity contribution in [2.45, 2.75) is 76.1 Å². The molecule has 2 amide bonds. The Bertz CT molecular complexity index is 1550. The van der Waals surface area contributed by atoms with Gasteiger partial charge in [0.05, 0.1) is 23.3 Å². The maximum atomic E-state index is 14.4. The van der Waals surface area contributed by atoms with Crippen LogP contribution in [0.15, 0.2) is 57.8 Å². The highest BCUT2D eigenvalue weighted by molar-refractivity contribution is 7.92. The van der Waals surface area contributed by atoms with Crippen molar-refractivity contribution in [1.82, 2.24) is 4.72 Å². The SMILES string of the molecule is CO[C@@H]1/C=C/COC(C)(C)C(=O)N=S(=O)(NC(C)=O)c2ccc3c(c2)N(CCCCc2cc(Cl)ccc2CO3)C[C@@H]2CC[C@H]21. The molecule has 9 nitrogen and oxygen atoms in total. The minimum atomic E-state index is -3.70. The number of hydrogen-bond donors (Lipinski definition) is 1. The highest BCUT2D eigenvalue weighted by Gasteiger charge is 2.38. The van der Waals surface area contributed by atoms with E-state index < -0.39 is 27.3 Å². The fraction of sp³-hybridized carbons (Fsp3) is 0.515. The highest BCUT2D eigenvalue weighted by Crippen LogP contribution is 2.42. The largest absolute Gasteiger partial charge is 0.487 e. The van der Waals surface area contributed by atoms with E-state index in [1.807, 2.05) is 30.4 Å². The second-order valence-corrected chi connectivity index (χ2v) is 14.6. The molecular formula is C33H42ClN3O6S. The molecule has 238 valence electrons. The fourth-order valence-corrected chi connectivity index (χ4v) is 7.92. The predicted molar refractivity (Wildman–Crippen MR) is 171 cm³/mol. The van der Waals surface area contributed by atoms with Crippen LogP contribution in [0.5, 0.6) is 5.75 Å². The number of benzene rings is 2. The zero-order valence-electron chi connectivity index (χ0n) is 25.8. The quantitative estimate of drug-likeness (QED) is 0.408. The molecule has 1 saturated carbocycles. The van der Waals surface area contributed by atoms with Crippen LogP contribution in [0.25, 0.3) is 0 Å². The average molecular weight is 644 g/mol. The van der Waals surface area contributed by atoms with Crippen molar-refractivity contribution >= 4 is 39.0 Å². The first-order valence-corrected chi connectivity index (χ1v) is 17.1. The molecule has 3 aliphatic rings. The van der Waals surface area contributed by atoms with Crippen molar-refractivity contribution < 1.29 is 28.0 Å². The molecule has 44 heavy (non-hydrogen) atoms. The summed E-state index contributed by atoms with van der Waals surface area (Å²) in [6, 6.07) is 11.0. The van der Waals surface area contributed by atoms with Crippen LogP contribution in [0.3, 0.4) is 0 Å². The van der Waals surface area contributed by atoms with E-state index in [1.54, 1.807) is 39.2 Å². The summed E-state index contributed by atoms with van der Waals surface area (Å²) in [4.78, 5) is 28.2. The van der Waals surface area contributed by atoms with Crippen molar-refractivity contribution in [1.29, 1.82) is 0 Å². The van der Waals surface area contributed by atoms with Gasteiger partial charge in [-0.1, -0.05) is 29.8 Å². The van der Waals surface area contributed by atoms with Gasteiger partial charge in [0, 0.05) is 32.1 Å². The first-order valence-electron chi connectivity index (χ1n) is 15.2. The molecule has 4 atom stereocenters. The third-order valence-electron chi connectivity index (χ3n) is 8.77. The van der Waals surface area contributed by atoms with Crippen LogP contribution in [0.2, 0.25) is 5.02 Å². The van der Waals surface area contributed by atoms with Crippen LogP contribution >= 0.6 is 11.6 Å². The fourth-order valence-electron chi connectivity index (χ4n) is 6.09. The molecule has 0 aromatic heterocycles. The molecule has 2 bridgehead atoms. The summed E-state index contributed by atoms with van der Waals surface area (Å²) in [6.45, 7) is 6.40. The second kappa shape index (κ2) is 13.6. The standard InChI is InChI=1S/C33H42ClN3O6S/c1-22(38)35-44(40)27-13-15-31-29(19-27)37(16-6-5-8-23-18-26(34)12-10-25(23)21-42-31)20-24-11-14-28(24)30(41-4)9-7-17-43-33(2,3)32(39)36-44/h7,9-10,12-13,15,18-19,24,28,30H,5-6,8,11,14,16-17,20-21H2,1-4H3,(H,35,36,38,39,40)/b9-7+/t24-,28+,30+,44?/m0/s1. The molecule has 0 radical (unpaired) electrons. The van der Waals surface area contributed by atoms with Crippen LogP contribution < -0.4 is 14.4 Å². The van der Waals surface area contributed by atoms with Gasteiger partial charge in [0.2, 0.25) is 5.91 Å². The van der Waals surface area contributed by atoms with Crippen molar-refractivity contribution in [2.24, 2.45) is 16.2 Å². The first kappa shape index (κ1) is 32.5. The van der Waals surface area contributed by atoms with Gasteiger partial charge in [-0.2, -0.15) is 0 Å². The molecule has 5 rings (SSSR count). The van der Waals surface area contributed by atoms with Crippen molar-refractivity contribution in [3.63, 3.8) is 0 Å². The Morgan fingerprint density at radius 3 is 2.70 bits per heavy atom. The number of fused-ring (bicyclic) bond motifs is 3.